The number of nitrogens with zero attached hydrogens (tertiary/aromatic N) is 4. The summed E-state index contributed by atoms with van der Waals surface area (Å²) < 4.78 is 6.17. The molecule has 2 aliphatic carbocycles. The molecule has 4 N–H and O–H groups in total. The molecule has 3 aliphatic rings. The van der Waals surface area contributed by atoms with Crippen LogP contribution in [0.2, 0.25) is 0 Å². The summed E-state index contributed by atoms with van der Waals surface area (Å²) in [5.74, 6) is -3.50. The minimum atomic E-state index is -1.12. The Labute approximate surface area is 316 Å². The van der Waals surface area contributed by atoms with Crippen LogP contribution in [0.15, 0.2) is 36.9 Å². The number of aromatic nitrogens is 3. The molecule has 15 nitrogen and oxygen atoms in total. The second kappa shape index (κ2) is 17.9. The summed E-state index contributed by atoms with van der Waals surface area (Å²) in [4.78, 5) is 96.0. The van der Waals surface area contributed by atoms with Crippen LogP contribution in [0.25, 0.3) is 0 Å². The van der Waals surface area contributed by atoms with Crippen LogP contribution in [0.5, 0.6) is 5.88 Å². The highest BCUT2D eigenvalue weighted by Gasteiger charge is 2.47. The first kappa shape index (κ1) is 40.2. The van der Waals surface area contributed by atoms with Gasteiger partial charge in [-0.25, -0.2) is 9.97 Å². The van der Waals surface area contributed by atoms with Crippen molar-refractivity contribution in [2.24, 2.45) is 11.3 Å². The zero-order valence-electron chi connectivity index (χ0n) is 31.9. The average molecular weight is 747 g/mol. The molecule has 5 amide bonds. The zero-order valence-corrected chi connectivity index (χ0v) is 31.9. The number of hydrogen-bond acceptors (Lipinski definition) is 10. The maximum absolute atomic E-state index is 14.7. The number of amides is 5. The predicted octanol–water partition coefficient (Wildman–Crippen LogP) is 2.57. The Kier molecular flexibility index (Phi) is 13.4. The molecule has 5 atom stereocenters. The molecule has 0 radical (unpaired) electrons. The number of pyridine rings is 1. The van der Waals surface area contributed by atoms with Crippen LogP contribution >= 0.6 is 0 Å². The maximum Gasteiger partial charge on any atom is 0.289 e. The van der Waals surface area contributed by atoms with Gasteiger partial charge < -0.3 is 30.9 Å². The largest absolute Gasteiger partial charge is 0.472 e. The third-order valence-electron chi connectivity index (χ3n) is 10.3. The maximum atomic E-state index is 14.7. The first-order chi connectivity index (χ1) is 25.7. The lowest BCUT2D eigenvalue weighted by molar-refractivity contribution is -0.145. The van der Waals surface area contributed by atoms with E-state index in [-0.39, 0.29) is 37.0 Å². The van der Waals surface area contributed by atoms with E-state index in [1.54, 1.807) is 12.3 Å². The van der Waals surface area contributed by atoms with Crippen molar-refractivity contribution in [1.29, 1.82) is 0 Å². The van der Waals surface area contributed by atoms with E-state index in [9.17, 15) is 28.8 Å². The molecule has 3 heterocycles. The summed E-state index contributed by atoms with van der Waals surface area (Å²) in [6.07, 6.45) is 11.9. The Morgan fingerprint density at radius 3 is 2.28 bits per heavy atom. The molecule has 15 heteroatoms. The Morgan fingerprint density at radius 2 is 1.67 bits per heavy atom. The molecule has 3 fully saturated rings. The molecule has 0 bridgehead atoms. The number of hydrogen-bond donors (Lipinski definition) is 4. The summed E-state index contributed by atoms with van der Waals surface area (Å²) in [7, 11) is 0. The molecule has 54 heavy (non-hydrogen) atoms. The van der Waals surface area contributed by atoms with E-state index in [2.05, 4.69) is 36.2 Å². The van der Waals surface area contributed by atoms with Crippen LogP contribution in [0.4, 0.5) is 0 Å². The fourth-order valence-electron chi connectivity index (χ4n) is 7.08. The van der Waals surface area contributed by atoms with E-state index in [1.165, 1.54) is 23.5 Å². The van der Waals surface area contributed by atoms with Crippen LogP contribution in [0.3, 0.4) is 0 Å². The molecule has 2 saturated carbocycles. The molecule has 0 spiro atoms. The second-order valence-corrected chi connectivity index (χ2v) is 15.9. The van der Waals surface area contributed by atoms with Crippen LogP contribution in [0.1, 0.15) is 108 Å². The minimum absolute atomic E-state index is 0.00104. The number of Topliss-reactive ketones (excluding diaryl/α,β-unsaturated/α-hetero) is 1. The lowest BCUT2D eigenvalue weighted by atomic mass is 9.82. The molecule has 0 aromatic carbocycles. The summed E-state index contributed by atoms with van der Waals surface area (Å²) in [5, 5.41) is 11.3. The van der Waals surface area contributed by atoms with Gasteiger partial charge in [0.25, 0.3) is 11.8 Å². The van der Waals surface area contributed by atoms with E-state index in [1.807, 2.05) is 40.7 Å². The van der Waals surface area contributed by atoms with Gasteiger partial charge in [-0.1, -0.05) is 59.4 Å². The van der Waals surface area contributed by atoms with Gasteiger partial charge in [0.1, 0.15) is 29.9 Å². The van der Waals surface area contributed by atoms with Gasteiger partial charge in [-0.05, 0) is 55.9 Å². The quantitative estimate of drug-likeness (QED) is 0.196. The predicted molar refractivity (Wildman–Crippen MR) is 198 cm³/mol. The summed E-state index contributed by atoms with van der Waals surface area (Å²) in [5.41, 5.74) is 0.168. The minimum Gasteiger partial charge on any atom is -0.472 e. The molecule has 292 valence electrons. The van der Waals surface area contributed by atoms with Crippen LogP contribution in [-0.2, 0) is 24.0 Å². The van der Waals surface area contributed by atoms with Crippen molar-refractivity contribution in [2.45, 2.75) is 135 Å². The first-order valence-electron chi connectivity index (χ1n) is 19.2. The smallest absolute Gasteiger partial charge is 0.289 e. The Balaban J connectivity index is 1.39. The van der Waals surface area contributed by atoms with Crippen molar-refractivity contribution in [3.05, 3.63) is 48.2 Å². The summed E-state index contributed by atoms with van der Waals surface area (Å²) in [6, 6.07) is -0.701. The number of ether oxygens (including phenoxy) is 1. The van der Waals surface area contributed by atoms with E-state index >= 15 is 0 Å². The Morgan fingerprint density at radius 1 is 0.926 bits per heavy atom. The van der Waals surface area contributed by atoms with Crippen molar-refractivity contribution < 1.29 is 33.5 Å². The summed E-state index contributed by atoms with van der Waals surface area (Å²) in [6.45, 7) is 9.18. The van der Waals surface area contributed by atoms with Gasteiger partial charge in [0.05, 0.1) is 18.8 Å². The van der Waals surface area contributed by atoms with Gasteiger partial charge in [0.15, 0.2) is 0 Å². The second-order valence-electron chi connectivity index (χ2n) is 15.9. The molecular formula is C39H54N8O7. The molecular weight excluding hydrogens is 692 g/mol. The van der Waals surface area contributed by atoms with Crippen LogP contribution < -0.4 is 26.0 Å². The fraction of sp³-hybridized carbons (Fsp3) is 0.615. The molecule has 1 saturated heterocycles. The Bertz CT molecular complexity index is 1650. The van der Waals surface area contributed by atoms with Crippen LogP contribution in [-0.4, -0.2) is 98.0 Å². The number of carbonyl (C=O) groups excluding carboxylic acids is 6. The number of likely N-dealkylation sites (tertiary alicyclic amines) is 1. The number of rotatable bonds is 15. The molecule has 2 aromatic heterocycles. The Hall–Kier alpha value is -4.95. The molecule has 2 aromatic rings. The van der Waals surface area contributed by atoms with E-state index in [0.717, 1.165) is 50.5 Å². The van der Waals surface area contributed by atoms with E-state index < -0.39 is 71.0 Å². The first-order valence-corrected chi connectivity index (χ1v) is 19.2. The van der Waals surface area contributed by atoms with E-state index in [0.29, 0.717) is 12.3 Å². The summed E-state index contributed by atoms with van der Waals surface area (Å²) >= 11 is 0. The highest BCUT2D eigenvalue weighted by atomic mass is 16.5. The van der Waals surface area contributed by atoms with Crippen molar-refractivity contribution >= 4 is 35.3 Å². The van der Waals surface area contributed by atoms with Gasteiger partial charge in [-0.3, -0.25) is 33.8 Å². The fourth-order valence-corrected chi connectivity index (χ4v) is 7.08. The number of nitrogens with one attached hydrogen (secondary N) is 4. The lowest BCUT2D eigenvalue weighted by Crippen LogP contribution is -2.62. The number of aryl methyl sites for hydroxylation is 1. The third kappa shape index (κ3) is 10.6. The van der Waals surface area contributed by atoms with Gasteiger partial charge in [0.2, 0.25) is 29.4 Å². The number of ketones is 1. The highest BCUT2D eigenvalue weighted by Crippen LogP contribution is 2.30. The van der Waals surface area contributed by atoms with Crippen molar-refractivity contribution in [3.63, 3.8) is 0 Å². The topological polar surface area (TPSA) is 202 Å². The molecule has 0 unspecified atom stereocenters. The third-order valence-corrected chi connectivity index (χ3v) is 10.3. The molecule has 1 aliphatic heterocycles. The van der Waals surface area contributed by atoms with Crippen molar-refractivity contribution in [2.75, 3.05) is 6.54 Å². The van der Waals surface area contributed by atoms with Gasteiger partial charge in [-0.15, -0.1) is 0 Å². The number of carbonyl (C=O) groups is 6. The average Bonchev–Trinajstić information content (AvgIpc) is 3.88. The van der Waals surface area contributed by atoms with Gasteiger partial charge in [-0.2, -0.15) is 0 Å². The van der Waals surface area contributed by atoms with Gasteiger partial charge in [0, 0.05) is 37.1 Å². The normalized spacial score (nSPS) is 20.6. The van der Waals surface area contributed by atoms with Gasteiger partial charge >= 0.3 is 0 Å². The monoisotopic (exact) mass is 746 g/mol. The van der Waals surface area contributed by atoms with Crippen molar-refractivity contribution in [1.82, 2.24) is 41.1 Å². The van der Waals surface area contributed by atoms with Crippen LogP contribution in [0, 0.1) is 18.3 Å². The SMILES string of the molecule is CCC[C@@H](NC(=O)[C@@H]1C[C@@H](Oc2ccc(C)cn2)CN1C(=O)[C@@H](NC(=O)[C@@H](NC(=O)c1cnccn1)C1CCCCC1)C(C)(C)C)C(=O)C(=O)NC1CC1. The highest BCUT2D eigenvalue weighted by molar-refractivity contribution is 6.38. The zero-order chi connectivity index (χ0) is 39.0. The van der Waals surface area contributed by atoms with Crippen molar-refractivity contribution in [3.8, 4) is 5.88 Å². The van der Waals surface area contributed by atoms with E-state index in [4.69, 9.17) is 4.74 Å². The lowest BCUT2D eigenvalue weighted by Gasteiger charge is -2.37. The standard InChI is InChI=1S/C39H54N8O7/c1-6-10-27(32(48)37(52)43-25-14-15-25)44-35(50)29-19-26(54-30-16-13-23(2)20-42-30)22-47(29)38(53)33(39(3,4)5)46-36(51)31(24-11-8-7-9-12-24)45-34(49)28-21-40-17-18-41-28/h13,16-18,20-21,24-27,29,31,33H,6-12,14-15,19,22H2,1-5H3,(H,43,52)(H,44,50)(H,45,49)(H,46,51)/t26-,27-,29+,31+,33-/m1/s1. The molecule has 5 rings (SSSR count).